The van der Waals surface area contributed by atoms with Crippen LogP contribution in [0.4, 0.5) is 0 Å². The Hall–Kier alpha value is -3.55. The molecule has 0 bridgehead atoms. The van der Waals surface area contributed by atoms with Crippen molar-refractivity contribution < 1.29 is 23.5 Å². The molecule has 0 fully saturated rings. The summed E-state index contributed by atoms with van der Waals surface area (Å²) in [6, 6.07) is 12.4. The quantitative estimate of drug-likeness (QED) is 0.592. The molecule has 0 saturated heterocycles. The second-order valence-corrected chi connectivity index (χ2v) is 6.14. The van der Waals surface area contributed by atoms with Gasteiger partial charge in [0.25, 0.3) is 5.91 Å². The van der Waals surface area contributed by atoms with E-state index in [9.17, 15) is 4.79 Å². The Labute approximate surface area is 168 Å². The van der Waals surface area contributed by atoms with Crippen LogP contribution in [0.1, 0.15) is 34.6 Å². The van der Waals surface area contributed by atoms with Crippen molar-refractivity contribution in [1.29, 1.82) is 0 Å². The first-order chi connectivity index (χ1) is 14.1. The van der Waals surface area contributed by atoms with E-state index in [0.717, 1.165) is 5.56 Å². The Morgan fingerprint density at radius 2 is 1.90 bits per heavy atom. The molecule has 1 aromatic heterocycles. The number of hydrogen-bond donors (Lipinski definition) is 1. The van der Waals surface area contributed by atoms with Gasteiger partial charge in [0, 0.05) is 19.0 Å². The number of ether oxygens (including phenoxy) is 3. The lowest BCUT2D eigenvalue weighted by Crippen LogP contribution is -2.22. The molecule has 1 heterocycles. The van der Waals surface area contributed by atoms with Crippen LogP contribution in [-0.2, 0) is 13.2 Å². The summed E-state index contributed by atoms with van der Waals surface area (Å²) >= 11 is 0. The molecule has 2 aromatic carbocycles. The molecule has 8 heteroatoms. The van der Waals surface area contributed by atoms with Crippen molar-refractivity contribution in [2.75, 3.05) is 13.7 Å². The minimum absolute atomic E-state index is 0.182. The number of carbonyl (C=O) groups excluding carboxylic acids is 1. The van der Waals surface area contributed by atoms with E-state index in [2.05, 4.69) is 15.5 Å². The number of hydrogen-bond acceptors (Lipinski definition) is 7. The predicted molar refractivity (Wildman–Crippen MR) is 105 cm³/mol. The van der Waals surface area contributed by atoms with Gasteiger partial charge in [-0.15, -0.1) is 0 Å². The Kier molecular flexibility index (Phi) is 6.67. The van der Waals surface area contributed by atoms with Crippen LogP contribution < -0.4 is 19.5 Å². The van der Waals surface area contributed by atoms with Crippen LogP contribution in [0.3, 0.4) is 0 Å². The number of carbonyl (C=O) groups is 1. The van der Waals surface area contributed by atoms with E-state index in [4.69, 9.17) is 18.7 Å². The summed E-state index contributed by atoms with van der Waals surface area (Å²) in [6.45, 7) is 4.75. The molecule has 0 atom stereocenters. The standard InChI is InChI=1S/C21H23N3O5/c1-4-27-18-10-5-15(11-19(18)26-3)12-22-21(25)16-6-8-17(9-7-16)28-13-20-23-14(2)29-24-20/h5-11H,4,12-13H2,1-3H3,(H,22,25). The topological polar surface area (TPSA) is 95.7 Å². The van der Waals surface area contributed by atoms with E-state index < -0.39 is 0 Å². The van der Waals surface area contributed by atoms with Gasteiger partial charge in [0.05, 0.1) is 13.7 Å². The predicted octanol–water partition coefficient (Wildman–Crippen LogP) is 3.29. The van der Waals surface area contributed by atoms with Gasteiger partial charge in [-0.2, -0.15) is 4.98 Å². The molecule has 0 unspecified atom stereocenters. The van der Waals surface area contributed by atoms with Crippen LogP contribution in [-0.4, -0.2) is 29.8 Å². The third kappa shape index (κ3) is 5.47. The van der Waals surface area contributed by atoms with Gasteiger partial charge in [-0.25, -0.2) is 0 Å². The average Bonchev–Trinajstić information content (AvgIpc) is 3.17. The van der Waals surface area contributed by atoms with Crippen LogP contribution in [0.2, 0.25) is 0 Å². The van der Waals surface area contributed by atoms with Crippen LogP contribution >= 0.6 is 0 Å². The van der Waals surface area contributed by atoms with Crippen molar-refractivity contribution in [2.45, 2.75) is 27.0 Å². The van der Waals surface area contributed by atoms with E-state index in [-0.39, 0.29) is 12.5 Å². The molecule has 0 aliphatic carbocycles. The van der Waals surface area contributed by atoms with E-state index in [1.807, 2.05) is 25.1 Å². The van der Waals surface area contributed by atoms with E-state index >= 15 is 0 Å². The molecule has 0 saturated carbocycles. The molecule has 0 aliphatic rings. The fourth-order valence-electron chi connectivity index (χ4n) is 2.63. The number of aromatic nitrogens is 2. The van der Waals surface area contributed by atoms with Crippen molar-refractivity contribution >= 4 is 5.91 Å². The zero-order valence-electron chi connectivity index (χ0n) is 16.6. The zero-order chi connectivity index (χ0) is 20.6. The minimum Gasteiger partial charge on any atom is -0.493 e. The fraction of sp³-hybridized carbons (Fsp3) is 0.286. The molecule has 29 heavy (non-hydrogen) atoms. The molecule has 1 amide bonds. The molecule has 0 radical (unpaired) electrons. The third-order valence-corrected chi connectivity index (χ3v) is 4.04. The van der Waals surface area contributed by atoms with Gasteiger partial charge < -0.3 is 24.1 Å². The number of benzene rings is 2. The van der Waals surface area contributed by atoms with Gasteiger partial charge in [0.15, 0.2) is 18.1 Å². The molecular formula is C21H23N3O5. The molecule has 1 N–H and O–H groups in total. The van der Waals surface area contributed by atoms with Crippen LogP contribution in [0.15, 0.2) is 47.0 Å². The van der Waals surface area contributed by atoms with Crippen molar-refractivity contribution in [2.24, 2.45) is 0 Å². The molecular weight excluding hydrogens is 374 g/mol. The molecule has 3 rings (SSSR count). The maximum Gasteiger partial charge on any atom is 0.251 e. The summed E-state index contributed by atoms with van der Waals surface area (Å²) in [7, 11) is 1.59. The number of nitrogens with zero attached hydrogens (tertiary/aromatic N) is 2. The van der Waals surface area contributed by atoms with Gasteiger partial charge in [0.1, 0.15) is 5.75 Å². The molecule has 8 nitrogen and oxygen atoms in total. The van der Waals surface area contributed by atoms with Crippen LogP contribution in [0.5, 0.6) is 17.2 Å². The highest BCUT2D eigenvalue weighted by Gasteiger charge is 2.09. The van der Waals surface area contributed by atoms with Gasteiger partial charge in [-0.3, -0.25) is 4.79 Å². The van der Waals surface area contributed by atoms with Gasteiger partial charge >= 0.3 is 0 Å². The van der Waals surface area contributed by atoms with Gasteiger partial charge in [-0.1, -0.05) is 11.2 Å². The Bertz CT molecular complexity index is 953. The summed E-state index contributed by atoms with van der Waals surface area (Å²) < 4.78 is 21.3. The van der Waals surface area contributed by atoms with Gasteiger partial charge in [0.2, 0.25) is 11.7 Å². The van der Waals surface area contributed by atoms with E-state index in [1.54, 1.807) is 38.3 Å². The number of methoxy groups -OCH3 is 1. The normalized spacial score (nSPS) is 10.4. The Morgan fingerprint density at radius 3 is 2.55 bits per heavy atom. The van der Waals surface area contributed by atoms with Crippen molar-refractivity contribution in [3.63, 3.8) is 0 Å². The molecule has 0 aliphatic heterocycles. The molecule has 152 valence electrons. The number of amides is 1. The van der Waals surface area contributed by atoms with E-state index in [0.29, 0.717) is 47.7 Å². The SMILES string of the molecule is CCOc1ccc(CNC(=O)c2ccc(OCc3noc(C)n3)cc2)cc1OC. The van der Waals surface area contributed by atoms with Crippen LogP contribution in [0.25, 0.3) is 0 Å². The second kappa shape index (κ2) is 9.59. The summed E-state index contributed by atoms with van der Waals surface area (Å²) in [5, 5.41) is 6.66. The highest BCUT2D eigenvalue weighted by atomic mass is 16.5. The number of nitrogens with one attached hydrogen (secondary N) is 1. The lowest BCUT2D eigenvalue weighted by Gasteiger charge is -2.12. The summed E-state index contributed by atoms with van der Waals surface area (Å²) in [5.74, 6) is 2.70. The first-order valence-electron chi connectivity index (χ1n) is 9.19. The first kappa shape index (κ1) is 20.2. The molecule has 0 spiro atoms. The third-order valence-electron chi connectivity index (χ3n) is 4.04. The summed E-state index contributed by atoms with van der Waals surface area (Å²) in [4.78, 5) is 16.5. The van der Waals surface area contributed by atoms with Crippen molar-refractivity contribution in [3.05, 3.63) is 65.3 Å². The number of rotatable bonds is 9. The second-order valence-electron chi connectivity index (χ2n) is 6.14. The Morgan fingerprint density at radius 1 is 1.10 bits per heavy atom. The zero-order valence-corrected chi connectivity index (χ0v) is 16.6. The smallest absolute Gasteiger partial charge is 0.251 e. The largest absolute Gasteiger partial charge is 0.493 e. The maximum absolute atomic E-state index is 12.4. The number of aryl methyl sites for hydroxylation is 1. The van der Waals surface area contributed by atoms with Crippen LogP contribution in [0, 0.1) is 6.92 Å². The van der Waals surface area contributed by atoms with E-state index in [1.165, 1.54) is 0 Å². The highest BCUT2D eigenvalue weighted by molar-refractivity contribution is 5.94. The lowest BCUT2D eigenvalue weighted by molar-refractivity contribution is 0.0951. The van der Waals surface area contributed by atoms with Crippen molar-refractivity contribution in [3.8, 4) is 17.2 Å². The van der Waals surface area contributed by atoms with Crippen molar-refractivity contribution in [1.82, 2.24) is 15.5 Å². The fourth-order valence-corrected chi connectivity index (χ4v) is 2.63. The first-order valence-corrected chi connectivity index (χ1v) is 9.19. The Balaban J connectivity index is 1.54. The van der Waals surface area contributed by atoms with Gasteiger partial charge in [-0.05, 0) is 48.9 Å². The monoisotopic (exact) mass is 397 g/mol. The summed E-state index contributed by atoms with van der Waals surface area (Å²) in [5.41, 5.74) is 1.44. The highest BCUT2D eigenvalue weighted by Crippen LogP contribution is 2.28. The maximum atomic E-state index is 12.4. The lowest BCUT2D eigenvalue weighted by atomic mass is 10.1. The minimum atomic E-state index is -0.182. The summed E-state index contributed by atoms with van der Waals surface area (Å²) in [6.07, 6.45) is 0. The molecule has 3 aromatic rings. The average molecular weight is 397 g/mol.